The van der Waals surface area contributed by atoms with E-state index in [0.717, 1.165) is 33.8 Å². The lowest BCUT2D eigenvalue weighted by Crippen LogP contribution is -2.16. The first-order chi connectivity index (χ1) is 12.5. The van der Waals surface area contributed by atoms with Crippen LogP contribution < -0.4 is 15.4 Å². The molecule has 2 aromatic carbocycles. The van der Waals surface area contributed by atoms with Crippen molar-refractivity contribution in [3.63, 3.8) is 0 Å². The number of rotatable bonds is 5. The Morgan fingerprint density at radius 3 is 2.31 bits per heavy atom. The maximum absolute atomic E-state index is 12.7. The number of aromatic amines is 1. The zero-order valence-corrected chi connectivity index (χ0v) is 15.2. The number of anilines is 3. The number of carbonyl (C=O) groups is 1. The maximum Gasteiger partial charge on any atom is 0.280 e. The minimum absolute atomic E-state index is 0.195. The number of aromatic nitrogens is 3. The highest BCUT2D eigenvalue weighted by molar-refractivity contribution is 6.07. The predicted octanol–water partition coefficient (Wildman–Crippen LogP) is 3.73. The minimum Gasteiger partial charge on any atom is -0.497 e. The standard InChI is InChI=1S/C19H21N5O2/c1-11-9-12(2)16(13(3)10-11)21-19(25)17-18(23-24-22-17)20-14-5-7-15(26-4)8-6-14/h5-10H,1-4H3,(H,21,25)(H2,20,22,23,24). The van der Waals surface area contributed by atoms with Crippen molar-refractivity contribution in [2.45, 2.75) is 20.8 Å². The topological polar surface area (TPSA) is 91.9 Å². The molecular weight excluding hydrogens is 330 g/mol. The molecule has 0 aliphatic carbocycles. The average Bonchev–Trinajstić information content (AvgIpc) is 3.07. The number of methoxy groups -OCH3 is 1. The normalized spacial score (nSPS) is 10.5. The maximum atomic E-state index is 12.7. The number of amides is 1. The van der Waals surface area contributed by atoms with Crippen LogP contribution in [0.25, 0.3) is 0 Å². The second-order valence-electron chi connectivity index (χ2n) is 6.10. The molecule has 1 heterocycles. The summed E-state index contributed by atoms with van der Waals surface area (Å²) in [7, 11) is 1.61. The number of benzene rings is 2. The molecule has 7 heteroatoms. The third-order valence-electron chi connectivity index (χ3n) is 4.03. The summed E-state index contributed by atoms with van der Waals surface area (Å²) in [6.07, 6.45) is 0. The lowest BCUT2D eigenvalue weighted by atomic mass is 10.1. The number of hydrogen-bond donors (Lipinski definition) is 3. The van der Waals surface area contributed by atoms with Crippen molar-refractivity contribution in [2.75, 3.05) is 17.7 Å². The van der Waals surface area contributed by atoms with Gasteiger partial charge >= 0.3 is 0 Å². The smallest absolute Gasteiger partial charge is 0.280 e. The van der Waals surface area contributed by atoms with Crippen molar-refractivity contribution < 1.29 is 9.53 Å². The Balaban J connectivity index is 1.80. The van der Waals surface area contributed by atoms with Gasteiger partial charge in [0.05, 0.1) is 7.11 Å². The van der Waals surface area contributed by atoms with Crippen molar-refractivity contribution in [1.29, 1.82) is 0 Å². The highest BCUT2D eigenvalue weighted by atomic mass is 16.5. The van der Waals surface area contributed by atoms with Crippen LogP contribution in [-0.4, -0.2) is 28.4 Å². The van der Waals surface area contributed by atoms with Crippen LogP contribution in [-0.2, 0) is 0 Å². The molecule has 0 atom stereocenters. The van der Waals surface area contributed by atoms with Gasteiger partial charge in [-0.15, -0.1) is 10.2 Å². The Hall–Kier alpha value is -3.35. The lowest BCUT2D eigenvalue weighted by molar-refractivity contribution is 0.102. The number of carbonyl (C=O) groups excluding carboxylic acids is 1. The van der Waals surface area contributed by atoms with Crippen molar-refractivity contribution in [3.8, 4) is 5.75 Å². The van der Waals surface area contributed by atoms with Gasteiger partial charge in [0.1, 0.15) is 5.75 Å². The van der Waals surface area contributed by atoms with Crippen LogP contribution in [0.3, 0.4) is 0 Å². The number of nitrogens with one attached hydrogen (secondary N) is 3. The minimum atomic E-state index is -0.329. The monoisotopic (exact) mass is 351 g/mol. The second kappa shape index (κ2) is 7.26. The fraction of sp³-hybridized carbons (Fsp3) is 0.211. The molecule has 0 radical (unpaired) electrons. The van der Waals surface area contributed by atoms with Crippen LogP contribution in [0.2, 0.25) is 0 Å². The van der Waals surface area contributed by atoms with Gasteiger partial charge in [-0.1, -0.05) is 17.7 Å². The summed E-state index contributed by atoms with van der Waals surface area (Å²) in [5.74, 6) is 0.777. The molecule has 0 spiro atoms. The molecule has 7 nitrogen and oxygen atoms in total. The molecule has 26 heavy (non-hydrogen) atoms. The predicted molar refractivity (Wildman–Crippen MR) is 101 cm³/mol. The van der Waals surface area contributed by atoms with Gasteiger partial charge in [0.25, 0.3) is 5.91 Å². The van der Waals surface area contributed by atoms with Gasteiger partial charge in [0.2, 0.25) is 0 Å². The molecule has 0 fully saturated rings. The second-order valence-corrected chi connectivity index (χ2v) is 6.10. The molecule has 3 N–H and O–H groups in total. The summed E-state index contributed by atoms with van der Waals surface area (Å²) in [5, 5.41) is 16.5. The van der Waals surface area contributed by atoms with Crippen molar-refractivity contribution in [2.24, 2.45) is 0 Å². The SMILES string of the molecule is COc1ccc(Nc2n[nH]nc2C(=O)Nc2c(C)cc(C)cc2C)cc1. The molecule has 0 saturated heterocycles. The number of hydrogen-bond acceptors (Lipinski definition) is 5. The molecule has 0 unspecified atom stereocenters. The molecule has 3 rings (SSSR count). The van der Waals surface area contributed by atoms with Crippen LogP contribution in [0.5, 0.6) is 5.75 Å². The molecule has 0 aliphatic heterocycles. The molecule has 0 saturated carbocycles. The first-order valence-corrected chi connectivity index (χ1v) is 8.19. The van der Waals surface area contributed by atoms with Crippen LogP contribution in [0.4, 0.5) is 17.2 Å². The van der Waals surface area contributed by atoms with Crippen LogP contribution in [0.15, 0.2) is 36.4 Å². The van der Waals surface area contributed by atoms with Gasteiger partial charge in [-0.2, -0.15) is 5.21 Å². The van der Waals surface area contributed by atoms with Gasteiger partial charge in [-0.3, -0.25) is 4.79 Å². The molecular formula is C19H21N5O2. The highest BCUT2D eigenvalue weighted by Crippen LogP contribution is 2.24. The summed E-state index contributed by atoms with van der Waals surface area (Å²) >= 11 is 0. The molecule has 0 aliphatic rings. The van der Waals surface area contributed by atoms with E-state index < -0.39 is 0 Å². The van der Waals surface area contributed by atoms with Crippen molar-refractivity contribution in [1.82, 2.24) is 15.4 Å². The summed E-state index contributed by atoms with van der Waals surface area (Å²) in [6.45, 7) is 5.96. The largest absolute Gasteiger partial charge is 0.497 e. The first-order valence-electron chi connectivity index (χ1n) is 8.19. The third-order valence-corrected chi connectivity index (χ3v) is 4.03. The van der Waals surface area contributed by atoms with Gasteiger partial charge in [0, 0.05) is 11.4 Å². The van der Waals surface area contributed by atoms with Gasteiger partial charge in [0.15, 0.2) is 11.5 Å². The Kier molecular flexibility index (Phi) is 4.88. The average molecular weight is 351 g/mol. The zero-order valence-electron chi connectivity index (χ0n) is 15.2. The van der Waals surface area contributed by atoms with E-state index in [1.54, 1.807) is 7.11 Å². The lowest BCUT2D eigenvalue weighted by Gasteiger charge is -2.12. The summed E-state index contributed by atoms with van der Waals surface area (Å²) < 4.78 is 5.14. The Morgan fingerprint density at radius 2 is 1.69 bits per heavy atom. The molecule has 1 aromatic heterocycles. The fourth-order valence-corrected chi connectivity index (χ4v) is 2.84. The fourth-order valence-electron chi connectivity index (χ4n) is 2.84. The third kappa shape index (κ3) is 3.66. The number of nitrogens with zero attached hydrogens (tertiary/aromatic N) is 2. The summed E-state index contributed by atoms with van der Waals surface area (Å²) in [5.41, 5.74) is 4.92. The Morgan fingerprint density at radius 1 is 1.04 bits per heavy atom. The number of aryl methyl sites for hydroxylation is 3. The van der Waals surface area contributed by atoms with Crippen LogP contribution in [0.1, 0.15) is 27.2 Å². The van der Waals surface area contributed by atoms with Crippen molar-refractivity contribution in [3.05, 3.63) is 58.8 Å². The molecule has 3 aromatic rings. The van der Waals surface area contributed by atoms with Crippen LogP contribution in [0, 0.1) is 20.8 Å². The van der Waals surface area contributed by atoms with E-state index in [0.29, 0.717) is 5.82 Å². The van der Waals surface area contributed by atoms with Gasteiger partial charge in [-0.25, -0.2) is 0 Å². The zero-order chi connectivity index (χ0) is 18.7. The van der Waals surface area contributed by atoms with E-state index >= 15 is 0 Å². The quantitative estimate of drug-likeness (QED) is 0.651. The van der Waals surface area contributed by atoms with Crippen molar-refractivity contribution >= 4 is 23.1 Å². The highest BCUT2D eigenvalue weighted by Gasteiger charge is 2.18. The molecule has 1 amide bonds. The molecule has 134 valence electrons. The number of ether oxygens (including phenoxy) is 1. The van der Waals surface area contributed by atoms with E-state index in [9.17, 15) is 4.79 Å². The summed E-state index contributed by atoms with van der Waals surface area (Å²) in [6, 6.07) is 11.4. The Labute approximate surface area is 151 Å². The molecule has 0 bridgehead atoms. The van der Waals surface area contributed by atoms with E-state index in [2.05, 4.69) is 26.0 Å². The van der Waals surface area contributed by atoms with Gasteiger partial charge in [-0.05, 0) is 56.2 Å². The first kappa shape index (κ1) is 17.5. The van der Waals surface area contributed by atoms with Gasteiger partial charge < -0.3 is 15.4 Å². The Bertz CT molecular complexity index is 908. The van der Waals surface area contributed by atoms with Crippen LogP contribution >= 0.6 is 0 Å². The van der Waals surface area contributed by atoms with E-state index in [-0.39, 0.29) is 11.6 Å². The van der Waals surface area contributed by atoms with E-state index in [1.165, 1.54) is 0 Å². The van der Waals surface area contributed by atoms with E-state index in [1.807, 2.05) is 57.2 Å². The summed E-state index contributed by atoms with van der Waals surface area (Å²) in [4.78, 5) is 12.7. The number of H-pyrrole nitrogens is 1. The van der Waals surface area contributed by atoms with E-state index in [4.69, 9.17) is 4.74 Å².